The highest BCUT2D eigenvalue weighted by atomic mass is 16.5. The maximum absolute atomic E-state index is 11.5. The lowest BCUT2D eigenvalue weighted by molar-refractivity contribution is -0.105. The Morgan fingerprint density at radius 3 is 2.74 bits per heavy atom. The van der Waals surface area contributed by atoms with Crippen LogP contribution in [0.4, 0.5) is 4.79 Å². The molecular weight excluding hydrogens is 248 g/mol. The fourth-order valence-electron chi connectivity index (χ4n) is 2.01. The van der Waals surface area contributed by atoms with E-state index in [4.69, 9.17) is 4.74 Å². The van der Waals surface area contributed by atoms with Crippen molar-refractivity contribution in [2.45, 2.75) is 13.0 Å². The number of hydrogen-bond donors (Lipinski definition) is 3. The van der Waals surface area contributed by atoms with E-state index in [-0.39, 0.29) is 11.8 Å². The molecule has 1 heterocycles. The van der Waals surface area contributed by atoms with E-state index in [2.05, 4.69) is 10.6 Å². The SMILES string of the molecule is COc1ccc(C2NC(=O)NC(C)=C2C=O)cc1O. The van der Waals surface area contributed by atoms with Crippen molar-refractivity contribution in [1.29, 1.82) is 0 Å². The summed E-state index contributed by atoms with van der Waals surface area (Å²) in [5, 5.41) is 14.9. The van der Waals surface area contributed by atoms with Gasteiger partial charge in [0.05, 0.1) is 13.2 Å². The van der Waals surface area contributed by atoms with Crippen molar-refractivity contribution in [2.24, 2.45) is 0 Å². The van der Waals surface area contributed by atoms with Gasteiger partial charge >= 0.3 is 6.03 Å². The van der Waals surface area contributed by atoms with Crippen molar-refractivity contribution < 1.29 is 19.4 Å². The molecule has 19 heavy (non-hydrogen) atoms. The summed E-state index contributed by atoms with van der Waals surface area (Å²) < 4.78 is 4.95. The van der Waals surface area contributed by atoms with Gasteiger partial charge < -0.3 is 20.5 Å². The number of benzene rings is 1. The van der Waals surface area contributed by atoms with Gasteiger partial charge in [0.2, 0.25) is 0 Å². The van der Waals surface area contributed by atoms with Gasteiger partial charge in [-0.05, 0) is 24.6 Å². The van der Waals surface area contributed by atoms with Gasteiger partial charge in [0.1, 0.15) is 6.29 Å². The molecule has 2 rings (SSSR count). The van der Waals surface area contributed by atoms with Crippen LogP contribution in [0.5, 0.6) is 11.5 Å². The molecule has 1 aromatic carbocycles. The Balaban J connectivity index is 2.45. The maximum atomic E-state index is 11.5. The number of rotatable bonds is 3. The average Bonchev–Trinajstić information content (AvgIpc) is 2.37. The third kappa shape index (κ3) is 2.37. The number of carbonyl (C=O) groups is 2. The molecule has 0 aromatic heterocycles. The molecule has 1 aliphatic heterocycles. The van der Waals surface area contributed by atoms with Crippen LogP contribution >= 0.6 is 0 Å². The molecule has 2 amide bonds. The Hall–Kier alpha value is -2.50. The minimum atomic E-state index is -0.581. The van der Waals surface area contributed by atoms with E-state index in [1.54, 1.807) is 19.1 Å². The third-order valence-electron chi connectivity index (χ3n) is 2.98. The fourth-order valence-corrected chi connectivity index (χ4v) is 2.01. The van der Waals surface area contributed by atoms with Crippen molar-refractivity contribution in [2.75, 3.05) is 7.11 Å². The molecule has 1 aromatic rings. The first-order valence-electron chi connectivity index (χ1n) is 5.67. The van der Waals surface area contributed by atoms with Crippen molar-refractivity contribution in [3.05, 3.63) is 35.0 Å². The molecule has 1 aliphatic rings. The van der Waals surface area contributed by atoms with E-state index < -0.39 is 6.04 Å². The minimum absolute atomic E-state index is 0.0457. The van der Waals surface area contributed by atoms with E-state index in [0.29, 0.717) is 28.9 Å². The van der Waals surface area contributed by atoms with E-state index >= 15 is 0 Å². The van der Waals surface area contributed by atoms with Gasteiger partial charge in [-0.1, -0.05) is 6.07 Å². The highest BCUT2D eigenvalue weighted by molar-refractivity contribution is 5.86. The number of urea groups is 1. The number of amides is 2. The third-order valence-corrected chi connectivity index (χ3v) is 2.98. The second kappa shape index (κ2) is 5.01. The topological polar surface area (TPSA) is 87.7 Å². The molecule has 0 spiro atoms. The minimum Gasteiger partial charge on any atom is -0.504 e. The van der Waals surface area contributed by atoms with E-state index in [0.717, 1.165) is 0 Å². The number of aromatic hydroxyl groups is 1. The zero-order valence-electron chi connectivity index (χ0n) is 10.6. The van der Waals surface area contributed by atoms with E-state index in [9.17, 15) is 14.7 Å². The van der Waals surface area contributed by atoms with Crippen LogP contribution in [-0.4, -0.2) is 24.5 Å². The largest absolute Gasteiger partial charge is 0.504 e. The van der Waals surface area contributed by atoms with Crippen molar-refractivity contribution in [3.8, 4) is 11.5 Å². The van der Waals surface area contributed by atoms with Gasteiger partial charge in [0.15, 0.2) is 11.5 Å². The molecule has 0 saturated carbocycles. The van der Waals surface area contributed by atoms with Crippen molar-refractivity contribution in [3.63, 3.8) is 0 Å². The van der Waals surface area contributed by atoms with Crippen LogP contribution < -0.4 is 15.4 Å². The molecule has 6 heteroatoms. The number of aldehydes is 1. The lowest BCUT2D eigenvalue weighted by Gasteiger charge is -2.26. The lowest BCUT2D eigenvalue weighted by atomic mass is 9.96. The number of ether oxygens (including phenoxy) is 1. The van der Waals surface area contributed by atoms with Crippen LogP contribution in [0.3, 0.4) is 0 Å². The number of phenols is 1. The number of phenolic OH excluding ortho intramolecular Hbond substituents is 1. The molecule has 3 N–H and O–H groups in total. The Morgan fingerprint density at radius 1 is 1.42 bits per heavy atom. The first-order chi connectivity index (χ1) is 9.06. The first-order valence-corrected chi connectivity index (χ1v) is 5.67. The predicted molar refractivity (Wildman–Crippen MR) is 67.8 cm³/mol. The first kappa shape index (κ1) is 12.9. The summed E-state index contributed by atoms with van der Waals surface area (Å²) in [4.78, 5) is 22.6. The summed E-state index contributed by atoms with van der Waals surface area (Å²) in [6.45, 7) is 1.65. The predicted octanol–water partition coefficient (Wildman–Crippen LogP) is 1.23. The second-order valence-electron chi connectivity index (χ2n) is 4.16. The molecule has 100 valence electrons. The van der Waals surface area contributed by atoms with Crippen LogP contribution in [-0.2, 0) is 4.79 Å². The molecule has 0 radical (unpaired) electrons. The summed E-state index contributed by atoms with van der Waals surface area (Å²) in [7, 11) is 1.45. The second-order valence-corrected chi connectivity index (χ2v) is 4.16. The molecule has 1 atom stereocenters. The van der Waals surface area contributed by atoms with Crippen molar-refractivity contribution >= 4 is 12.3 Å². The van der Waals surface area contributed by atoms with Gasteiger partial charge in [0, 0.05) is 11.3 Å². The fraction of sp³-hybridized carbons (Fsp3) is 0.231. The van der Waals surface area contributed by atoms with Crippen LogP contribution in [0.25, 0.3) is 0 Å². The lowest BCUT2D eigenvalue weighted by Crippen LogP contribution is -2.43. The highest BCUT2D eigenvalue weighted by Gasteiger charge is 2.26. The van der Waals surface area contributed by atoms with Gasteiger partial charge in [0.25, 0.3) is 0 Å². The van der Waals surface area contributed by atoms with Crippen LogP contribution in [0.1, 0.15) is 18.5 Å². The number of carbonyl (C=O) groups excluding carboxylic acids is 2. The summed E-state index contributed by atoms with van der Waals surface area (Å²) >= 11 is 0. The molecule has 1 unspecified atom stereocenters. The molecule has 6 nitrogen and oxygen atoms in total. The number of hydrogen-bond acceptors (Lipinski definition) is 4. The smallest absolute Gasteiger partial charge is 0.319 e. The Labute approximate surface area is 110 Å². The number of methoxy groups -OCH3 is 1. The van der Waals surface area contributed by atoms with Crippen molar-refractivity contribution in [1.82, 2.24) is 10.6 Å². The maximum Gasteiger partial charge on any atom is 0.319 e. The summed E-state index contributed by atoms with van der Waals surface area (Å²) in [5.74, 6) is 0.285. The average molecular weight is 262 g/mol. The Bertz CT molecular complexity index is 566. The van der Waals surface area contributed by atoms with Gasteiger partial charge in [-0.15, -0.1) is 0 Å². The standard InChI is InChI=1S/C13H14N2O4/c1-7-9(6-16)12(15-13(18)14-7)8-3-4-11(19-2)10(17)5-8/h3-6,12,17H,1-2H3,(H2,14,15,18). The van der Waals surface area contributed by atoms with Gasteiger partial charge in [-0.2, -0.15) is 0 Å². The monoisotopic (exact) mass is 262 g/mol. The number of nitrogens with one attached hydrogen (secondary N) is 2. The van der Waals surface area contributed by atoms with E-state index in [1.807, 2.05) is 0 Å². The van der Waals surface area contributed by atoms with Crippen LogP contribution in [0, 0.1) is 0 Å². The van der Waals surface area contributed by atoms with Crippen LogP contribution in [0.2, 0.25) is 0 Å². The normalized spacial score (nSPS) is 18.6. The Morgan fingerprint density at radius 2 is 2.16 bits per heavy atom. The Kier molecular flexibility index (Phi) is 3.41. The van der Waals surface area contributed by atoms with E-state index in [1.165, 1.54) is 13.2 Å². The number of allylic oxidation sites excluding steroid dienone is 1. The molecule has 0 saturated heterocycles. The molecule has 0 aliphatic carbocycles. The van der Waals surface area contributed by atoms with Gasteiger partial charge in [-0.3, -0.25) is 4.79 Å². The van der Waals surface area contributed by atoms with Crippen LogP contribution in [0.15, 0.2) is 29.5 Å². The quantitative estimate of drug-likeness (QED) is 0.715. The van der Waals surface area contributed by atoms with Gasteiger partial charge in [-0.25, -0.2) is 4.79 Å². The summed E-state index contributed by atoms with van der Waals surface area (Å²) in [6.07, 6.45) is 0.688. The molecular formula is C13H14N2O4. The summed E-state index contributed by atoms with van der Waals surface area (Å²) in [5.41, 5.74) is 1.53. The summed E-state index contributed by atoms with van der Waals surface area (Å²) in [6, 6.07) is 3.76. The molecule has 0 bridgehead atoms. The molecule has 0 fully saturated rings. The highest BCUT2D eigenvalue weighted by Crippen LogP contribution is 2.32. The zero-order valence-corrected chi connectivity index (χ0v) is 10.6. The zero-order chi connectivity index (χ0) is 14.0.